The number of carbonyl (C=O) groups excluding carboxylic acids is 2. The highest BCUT2D eigenvalue weighted by Gasteiger charge is 2.18. The van der Waals surface area contributed by atoms with Crippen molar-refractivity contribution >= 4 is 45.7 Å². The summed E-state index contributed by atoms with van der Waals surface area (Å²) in [5.41, 5.74) is 2.58. The number of carbonyl (C=O) groups is 2. The third-order valence-corrected chi connectivity index (χ3v) is 7.01. The summed E-state index contributed by atoms with van der Waals surface area (Å²) in [7, 11) is 0. The van der Waals surface area contributed by atoms with Gasteiger partial charge in [0, 0.05) is 21.0 Å². The van der Waals surface area contributed by atoms with Gasteiger partial charge < -0.3 is 15.4 Å². The lowest BCUT2D eigenvalue weighted by Gasteiger charge is -2.11. The van der Waals surface area contributed by atoms with E-state index in [1.807, 2.05) is 86.6 Å². The first-order valence-corrected chi connectivity index (χ1v) is 12.8. The number of benzene rings is 3. The second kappa shape index (κ2) is 11.7. The largest absolute Gasteiger partial charge is 0.484 e. The Bertz CT molecular complexity index is 1280. The molecule has 4 aromatic rings. The number of thiazole rings is 1. The van der Waals surface area contributed by atoms with Gasteiger partial charge in [-0.15, -0.1) is 23.1 Å². The molecule has 2 amide bonds. The van der Waals surface area contributed by atoms with Gasteiger partial charge in [0.2, 0.25) is 5.91 Å². The van der Waals surface area contributed by atoms with Gasteiger partial charge in [0.25, 0.3) is 5.91 Å². The van der Waals surface area contributed by atoms with E-state index in [1.165, 1.54) is 23.1 Å². The molecule has 0 bridgehead atoms. The van der Waals surface area contributed by atoms with E-state index in [-0.39, 0.29) is 23.7 Å². The first-order valence-electron chi connectivity index (χ1n) is 11.1. The van der Waals surface area contributed by atoms with Crippen LogP contribution in [0.4, 0.5) is 10.8 Å². The van der Waals surface area contributed by atoms with Crippen LogP contribution in [0.15, 0.2) is 89.8 Å². The molecule has 0 saturated heterocycles. The molecule has 1 heterocycles. The third-order valence-electron chi connectivity index (χ3n) is 5.01. The van der Waals surface area contributed by atoms with Gasteiger partial charge in [-0.05, 0) is 50.2 Å². The van der Waals surface area contributed by atoms with Crippen LogP contribution in [0.5, 0.6) is 5.75 Å². The molecule has 1 unspecified atom stereocenters. The molecule has 2 N–H and O–H groups in total. The molecule has 0 radical (unpaired) electrons. The lowest BCUT2D eigenvalue weighted by Crippen LogP contribution is -2.22. The van der Waals surface area contributed by atoms with Crippen molar-refractivity contribution in [1.82, 2.24) is 4.98 Å². The SMILES string of the molecule is Cc1sc(NC(=O)C(C)Sc2ccc(NC(=O)COc3ccccc3)cc2)nc1-c1ccccc1. The molecule has 6 nitrogen and oxygen atoms in total. The minimum Gasteiger partial charge on any atom is -0.484 e. The Kier molecular flexibility index (Phi) is 8.18. The zero-order chi connectivity index (χ0) is 24.6. The van der Waals surface area contributed by atoms with Crippen molar-refractivity contribution in [1.29, 1.82) is 0 Å². The minimum atomic E-state index is -0.320. The predicted molar refractivity (Wildman–Crippen MR) is 143 cm³/mol. The molecule has 0 fully saturated rings. The number of anilines is 2. The number of para-hydroxylation sites is 1. The van der Waals surface area contributed by atoms with Gasteiger partial charge in [0.15, 0.2) is 11.7 Å². The summed E-state index contributed by atoms with van der Waals surface area (Å²) in [5.74, 6) is 0.292. The maximum Gasteiger partial charge on any atom is 0.262 e. The van der Waals surface area contributed by atoms with Crippen LogP contribution in [-0.4, -0.2) is 28.7 Å². The molecule has 1 atom stereocenters. The average Bonchev–Trinajstić information content (AvgIpc) is 3.24. The lowest BCUT2D eigenvalue weighted by molar-refractivity contribution is -0.118. The number of rotatable bonds is 9. The molecule has 1 aromatic heterocycles. The molecule has 3 aromatic carbocycles. The summed E-state index contributed by atoms with van der Waals surface area (Å²) in [6.45, 7) is 3.79. The van der Waals surface area contributed by atoms with Crippen molar-refractivity contribution in [2.75, 3.05) is 17.2 Å². The van der Waals surface area contributed by atoms with E-state index in [9.17, 15) is 9.59 Å². The Labute approximate surface area is 212 Å². The number of nitrogens with one attached hydrogen (secondary N) is 2. The Morgan fingerprint density at radius 3 is 2.29 bits per heavy atom. The summed E-state index contributed by atoms with van der Waals surface area (Å²) in [6.07, 6.45) is 0. The minimum absolute atomic E-state index is 0.0695. The van der Waals surface area contributed by atoms with Crippen molar-refractivity contribution in [3.63, 3.8) is 0 Å². The Balaban J connectivity index is 1.27. The van der Waals surface area contributed by atoms with Gasteiger partial charge in [-0.2, -0.15) is 0 Å². The fraction of sp³-hybridized carbons (Fsp3) is 0.148. The van der Waals surface area contributed by atoms with Crippen molar-refractivity contribution in [2.24, 2.45) is 0 Å². The van der Waals surface area contributed by atoms with E-state index in [1.54, 1.807) is 12.1 Å². The molecule has 0 aliphatic heterocycles. The van der Waals surface area contributed by atoms with Crippen LogP contribution >= 0.6 is 23.1 Å². The smallest absolute Gasteiger partial charge is 0.262 e. The molecule has 0 saturated carbocycles. The van der Waals surface area contributed by atoms with Gasteiger partial charge in [0.1, 0.15) is 5.75 Å². The normalized spacial score (nSPS) is 11.5. The molecule has 0 spiro atoms. The molecular weight excluding hydrogens is 478 g/mol. The van der Waals surface area contributed by atoms with Gasteiger partial charge in [-0.1, -0.05) is 48.5 Å². The number of hydrogen-bond acceptors (Lipinski definition) is 6. The summed E-state index contributed by atoms with van der Waals surface area (Å²) in [4.78, 5) is 31.5. The Morgan fingerprint density at radius 2 is 1.60 bits per heavy atom. The summed E-state index contributed by atoms with van der Waals surface area (Å²) < 4.78 is 5.46. The van der Waals surface area contributed by atoms with Gasteiger partial charge in [0.05, 0.1) is 10.9 Å². The Hall–Kier alpha value is -3.62. The van der Waals surface area contributed by atoms with Gasteiger partial charge >= 0.3 is 0 Å². The highest BCUT2D eigenvalue weighted by molar-refractivity contribution is 8.00. The van der Waals surface area contributed by atoms with Crippen LogP contribution in [0.1, 0.15) is 11.8 Å². The first kappa shape index (κ1) is 24.5. The summed E-state index contributed by atoms with van der Waals surface area (Å²) >= 11 is 2.91. The number of hydrogen-bond donors (Lipinski definition) is 2. The second-order valence-electron chi connectivity index (χ2n) is 7.71. The molecule has 178 valence electrons. The standard InChI is InChI=1S/C27H25N3O3S2/c1-18-25(20-9-5-3-6-10-20)29-27(35-18)30-26(32)19(2)34-23-15-13-21(14-16-23)28-24(31)17-33-22-11-7-4-8-12-22/h3-16,19H,17H2,1-2H3,(H,28,31)(H,29,30,32). The van der Waals surface area contributed by atoms with Crippen LogP contribution in [0, 0.1) is 6.92 Å². The molecule has 4 rings (SSSR count). The monoisotopic (exact) mass is 503 g/mol. The third kappa shape index (κ3) is 6.94. The summed E-state index contributed by atoms with van der Waals surface area (Å²) in [6, 6.07) is 26.5. The number of aromatic nitrogens is 1. The quantitative estimate of drug-likeness (QED) is 0.264. The van der Waals surface area contributed by atoms with Crippen LogP contribution < -0.4 is 15.4 Å². The molecule has 0 aliphatic rings. The number of ether oxygens (including phenoxy) is 1. The number of amides is 2. The molecule has 35 heavy (non-hydrogen) atoms. The summed E-state index contributed by atoms with van der Waals surface area (Å²) in [5, 5.41) is 6.02. The fourth-order valence-electron chi connectivity index (χ4n) is 3.26. The molecule has 0 aliphatic carbocycles. The number of aryl methyl sites for hydroxylation is 1. The van der Waals surface area contributed by atoms with E-state index in [4.69, 9.17) is 4.74 Å². The van der Waals surface area contributed by atoms with Crippen molar-refractivity contribution in [3.05, 3.63) is 89.8 Å². The number of thioether (sulfide) groups is 1. The van der Waals surface area contributed by atoms with Crippen LogP contribution in [0.3, 0.4) is 0 Å². The van der Waals surface area contributed by atoms with Gasteiger partial charge in [-0.25, -0.2) is 4.98 Å². The zero-order valence-corrected chi connectivity index (χ0v) is 21.0. The van der Waals surface area contributed by atoms with E-state index in [0.717, 1.165) is 21.0 Å². The van der Waals surface area contributed by atoms with E-state index in [2.05, 4.69) is 15.6 Å². The topological polar surface area (TPSA) is 80.3 Å². The van der Waals surface area contributed by atoms with Crippen molar-refractivity contribution < 1.29 is 14.3 Å². The van der Waals surface area contributed by atoms with E-state index in [0.29, 0.717) is 16.6 Å². The van der Waals surface area contributed by atoms with Crippen LogP contribution in [0.25, 0.3) is 11.3 Å². The average molecular weight is 504 g/mol. The van der Waals surface area contributed by atoms with Crippen molar-refractivity contribution in [3.8, 4) is 17.0 Å². The van der Waals surface area contributed by atoms with Gasteiger partial charge in [-0.3, -0.25) is 9.59 Å². The van der Waals surface area contributed by atoms with E-state index < -0.39 is 0 Å². The molecular formula is C27H25N3O3S2. The zero-order valence-electron chi connectivity index (χ0n) is 19.4. The second-order valence-corrected chi connectivity index (χ2v) is 10.3. The van der Waals surface area contributed by atoms with Crippen molar-refractivity contribution in [2.45, 2.75) is 24.0 Å². The highest BCUT2D eigenvalue weighted by atomic mass is 32.2. The maximum atomic E-state index is 12.7. The Morgan fingerprint density at radius 1 is 0.943 bits per heavy atom. The van der Waals surface area contributed by atoms with Crippen LogP contribution in [-0.2, 0) is 9.59 Å². The lowest BCUT2D eigenvalue weighted by atomic mass is 10.1. The predicted octanol–water partition coefficient (Wildman–Crippen LogP) is 6.26. The van der Waals surface area contributed by atoms with E-state index >= 15 is 0 Å². The fourth-order valence-corrected chi connectivity index (χ4v) is 4.96. The first-order chi connectivity index (χ1) is 17.0. The number of nitrogens with zero attached hydrogens (tertiary/aromatic N) is 1. The molecule has 8 heteroatoms. The highest BCUT2D eigenvalue weighted by Crippen LogP contribution is 2.31. The maximum absolute atomic E-state index is 12.7. The van der Waals surface area contributed by atoms with Crippen LogP contribution in [0.2, 0.25) is 0 Å².